The number of carbonyl (C=O) groups excluding carboxylic acids is 1. The molecule has 2 N–H and O–H groups in total. The smallest absolute Gasteiger partial charge is 0.251 e. The van der Waals surface area contributed by atoms with Gasteiger partial charge < -0.3 is 10.6 Å². The van der Waals surface area contributed by atoms with Crippen LogP contribution in [0.1, 0.15) is 40.0 Å². The second kappa shape index (κ2) is 9.43. The lowest BCUT2D eigenvalue weighted by molar-refractivity contribution is 0.0940. The van der Waals surface area contributed by atoms with Gasteiger partial charge in [-0.25, -0.2) is 9.97 Å². The van der Waals surface area contributed by atoms with Crippen molar-refractivity contribution in [2.24, 2.45) is 0 Å². The molecule has 0 saturated carbocycles. The van der Waals surface area contributed by atoms with E-state index in [-0.39, 0.29) is 11.9 Å². The second-order valence-corrected chi connectivity index (χ2v) is 7.97. The number of nitrogens with zero attached hydrogens (tertiary/aromatic N) is 2. The summed E-state index contributed by atoms with van der Waals surface area (Å²) in [5.74, 6) is 0.547. The summed E-state index contributed by atoms with van der Waals surface area (Å²) in [4.78, 5) is 21.5. The molecule has 160 valence electrons. The molecule has 0 bridgehead atoms. The van der Waals surface area contributed by atoms with Crippen molar-refractivity contribution in [1.82, 2.24) is 15.3 Å². The Balaban J connectivity index is 1.47. The van der Waals surface area contributed by atoms with Crippen molar-refractivity contribution in [1.29, 1.82) is 0 Å². The second-order valence-electron chi connectivity index (χ2n) is 7.97. The molecule has 0 fully saturated rings. The fraction of sp³-hybridized carbons (Fsp3) is 0.148. The first-order valence-corrected chi connectivity index (χ1v) is 10.6. The summed E-state index contributed by atoms with van der Waals surface area (Å²) in [6.07, 6.45) is 1.54. The number of hydrogen-bond donors (Lipinski definition) is 2. The van der Waals surface area contributed by atoms with Crippen molar-refractivity contribution in [3.05, 3.63) is 107 Å². The third-order valence-corrected chi connectivity index (χ3v) is 5.34. The van der Waals surface area contributed by atoms with Gasteiger partial charge in [0, 0.05) is 22.9 Å². The summed E-state index contributed by atoms with van der Waals surface area (Å²) in [6, 6.07) is 25.6. The van der Waals surface area contributed by atoms with E-state index in [2.05, 4.69) is 51.8 Å². The van der Waals surface area contributed by atoms with Gasteiger partial charge in [0.25, 0.3) is 5.91 Å². The van der Waals surface area contributed by atoms with E-state index in [4.69, 9.17) is 0 Å². The van der Waals surface area contributed by atoms with Crippen molar-refractivity contribution in [2.75, 3.05) is 5.32 Å². The molecule has 0 aliphatic carbocycles. The molecular weight excluding hydrogens is 396 g/mol. The Bertz CT molecular complexity index is 1220. The van der Waals surface area contributed by atoms with Gasteiger partial charge in [-0.05, 0) is 44.5 Å². The van der Waals surface area contributed by atoms with Crippen LogP contribution in [0.25, 0.3) is 11.3 Å². The van der Waals surface area contributed by atoms with E-state index >= 15 is 0 Å². The van der Waals surface area contributed by atoms with Crippen LogP contribution in [-0.4, -0.2) is 15.9 Å². The van der Waals surface area contributed by atoms with E-state index in [1.807, 2.05) is 62.4 Å². The number of rotatable bonds is 6. The van der Waals surface area contributed by atoms with E-state index < -0.39 is 0 Å². The van der Waals surface area contributed by atoms with E-state index in [0.717, 1.165) is 22.5 Å². The number of nitrogens with one attached hydrogen (secondary N) is 2. The molecule has 0 aliphatic heterocycles. The molecule has 0 aliphatic rings. The van der Waals surface area contributed by atoms with Gasteiger partial charge in [-0.3, -0.25) is 4.79 Å². The van der Waals surface area contributed by atoms with E-state index in [1.54, 1.807) is 6.07 Å². The number of carbonyl (C=O) groups is 1. The first-order chi connectivity index (χ1) is 15.5. The highest BCUT2D eigenvalue weighted by Gasteiger charge is 2.12. The Kier molecular flexibility index (Phi) is 6.26. The third-order valence-electron chi connectivity index (χ3n) is 5.34. The predicted molar refractivity (Wildman–Crippen MR) is 129 cm³/mol. The normalized spacial score (nSPS) is 11.6. The standard InChI is InChI=1S/C27H26N4O/c1-18-7-11-21(12-8-18)20(3)30-27(32)23-5-4-6-24(15-23)31-26-16-25(28-17-29-26)22-13-9-19(2)10-14-22/h4-17,20H,1-3H3,(H,30,32)(H,28,29,31)/t20-/m1/s1. The third kappa shape index (κ3) is 5.19. The Hall–Kier alpha value is -3.99. The molecule has 4 aromatic rings. The molecule has 5 heteroatoms. The Labute approximate surface area is 188 Å². The predicted octanol–water partition coefficient (Wildman–Crippen LogP) is 6.00. The monoisotopic (exact) mass is 422 g/mol. The summed E-state index contributed by atoms with van der Waals surface area (Å²) in [6.45, 7) is 6.09. The minimum atomic E-state index is -0.121. The highest BCUT2D eigenvalue weighted by Crippen LogP contribution is 2.22. The largest absolute Gasteiger partial charge is 0.346 e. The van der Waals surface area contributed by atoms with Gasteiger partial charge in [-0.15, -0.1) is 0 Å². The molecule has 5 nitrogen and oxygen atoms in total. The zero-order chi connectivity index (χ0) is 22.5. The van der Waals surface area contributed by atoms with Crippen molar-refractivity contribution < 1.29 is 4.79 Å². The average molecular weight is 423 g/mol. The van der Waals surface area contributed by atoms with Crippen molar-refractivity contribution >= 4 is 17.4 Å². The van der Waals surface area contributed by atoms with Crippen LogP contribution in [0.5, 0.6) is 0 Å². The number of aryl methyl sites for hydroxylation is 2. The first-order valence-electron chi connectivity index (χ1n) is 10.6. The van der Waals surface area contributed by atoms with Crippen LogP contribution < -0.4 is 10.6 Å². The summed E-state index contributed by atoms with van der Waals surface area (Å²) >= 11 is 0. The zero-order valence-electron chi connectivity index (χ0n) is 18.5. The maximum Gasteiger partial charge on any atom is 0.251 e. The Morgan fingerprint density at radius 3 is 2.25 bits per heavy atom. The first kappa shape index (κ1) is 21.2. The quantitative estimate of drug-likeness (QED) is 0.400. The van der Waals surface area contributed by atoms with E-state index in [1.165, 1.54) is 17.5 Å². The molecule has 0 radical (unpaired) electrons. The van der Waals surface area contributed by atoms with Gasteiger partial charge in [0.15, 0.2) is 0 Å². The van der Waals surface area contributed by atoms with Crippen LogP contribution in [-0.2, 0) is 0 Å². The highest BCUT2D eigenvalue weighted by atomic mass is 16.1. The van der Waals surface area contributed by atoms with Crippen LogP contribution in [0.3, 0.4) is 0 Å². The minimum absolute atomic E-state index is 0.0846. The molecule has 3 aromatic carbocycles. The molecule has 1 aromatic heterocycles. The highest BCUT2D eigenvalue weighted by molar-refractivity contribution is 5.95. The van der Waals surface area contributed by atoms with Gasteiger partial charge in [0.2, 0.25) is 0 Å². The Morgan fingerprint density at radius 2 is 1.53 bits per heavy atom. The molecule has 32 heavy (non-hydrogen) atoms. The summed E-state index contributed by atoms with van der Waals surface area (Å²) in [5.41, 5.74) is 6.70. The maximum atomic E-state index is 12.8. The minimum Gasteiger partial charge on any atom is -0.346 e. The molecule has 4 rings (SSSR count). The molecular formula is C27H26N4O. The fourth-order valence-corrected chi connectivity index (χ4v) is 3.41. The van der Waals surface area contributed by atoms with Gasteiger partial charge in [-0.1, -0.05) is 65.7 Å². The summed E-state index contributed by atoms with van der Waals surface area (Å²) in [7, 11) is 0. The van der Waals surface area contributed by atoms with Crippen molar-refractivity contribution in [3.63, 3.8) is 0 Å². The average Bonchev–Trinajstić information content (AvgIpc) is 2.80. The molecule has 0 unspecified atom stereocenters. The Morgan fingerprint density at radius 1 is 0.844 bits per heavy atom. The van der Waals surface area contributed by atoms with Crippen LogP contribution in [0.4, 0.5) is 11.5 Å². The van der Waals surface area contributed by atoms with E-state index in [9.17, 15) is 4.79 Å². The van der Waals surface area contributed by atoms with Gasteiger partial charge in [0.05, 0.1) is 11.7 Å². The van der Waals surface area contributed by atoms with Crippen LogP contribution in [0.15, 0.2) is 85.2 Å². The lowest BCUT2D eigenvalue weighted by Crippen LogP contribution is -2.26. The van der Waals surface area contributed by atoms with Gasteiger partial charge in [0.1, 0.15) is 12.1 Å². The molecule has 0 saturated heterocycles. The zero-order valence-corrected chi connectivity index (χ0v) is 18.5. The van der Waals surface area contributed by atoms with Crippen LogP contribution in [0.2, 0.25) is 0 Å². The number of hydrogen-bond acceptors (Lipinski definition) is 4. The number of aromatic nitrogens is 2. The van der Waals surface area contributed by atoms with Crippen LogP contribution >= 0.6 is 0 Å². The molecule has 1 heterocycles. The number of amides is 1. The topological polar surface area (TPSA) is 66.9 Å². The number of anilines is 2. The fourth-order valence-electron chi connectivity index (χ4n) is 3.41. The molecule has 1 amide bonds. The molecule has 1 atom stereocenters. The van der Waals surface area contributed by atoms with Gasteiger partial charge >= 0.3 is 0 Å². The number of benzene rings is 3. The lowest BCUT2D eigenvalue weighted by Gasteiger charge is -2.15. The summed E-state index contributed by atoms with van der Waals surface area (Å²) in [5, 5.41) is 6.35. The SMILES string of the molecule is Cc1ccc(-c2cc(Nc3cccc(C(=O)N[C@H](C)c4ccc(C)cc4)c3)ncn2)cc1. The van der Waals surface area contributed by atoms with E-state index in [0.29, 0.717) is 11.4 Å². The van der Waals surface area contributed by atoms with Gasteiger partial charge in [-0.2, -0.15) is 0 Å². The van der Waals surface area contributed by atoms with Crippen LogP contribution in [0, 0.1) is 13.8 Å². The maximum absolute atomic E-state index is 12.8. The van der Waals surface area contributed by atoms with Crippen molar-refractivity contribution in [2.45, 2.75) is 26.8 Å². The van der Waals surface area contributed by atoms with Crippen molar-refractivity contribution in [3.8, 4) is 11.3 Å². The molecule has 0 spiro atoms. The lowest BCUT2D eigenvalue weighted by atomic mass is 10.1. The summed E-state index contributed by atoms with van der Waals surface area (Å²) < 4.78 is 0.